The molecule has 3 fully saturated rings. The van der Waals surface area contributed by atoms with Crippen molar-refractivity contribution in [2.45, 2.75) is 91.6 Å². The molecule has 3 aliphatic rings. The summed E-state index contributed by atoms with van der Waals surface area (Å²) < 4.78 is 35.1. The molecule has 0 unspecified atom stereocenters. The van der Waals surface area contributed by atoms with Crippen LogP contribution in [-0.2, 0) is 18.8 Å². The van der Waals surface area contributed by atoms with Crippen LogP contribution in [0, 0.1) is 0 Å². The quantitative estimate of drug-likeness (QED) is 0.0737. The summed E-state index contributed by atoms with van der Waals surface area (Å²) in [6, 6.07) is 39.3. The monoisotopic (exact) mass is 1260 g/mol. The van der Waals surface area contributed by atoms with E-state index in [9.17, 15) is 9.59 Å². The van der Waals surface area contributed by atoms with E-state index in [2.05, 4.69) is 51.3 Å². The van der Waals surface area contributed by atoms with Crippen molar-refractivity contribution in [3.05, 3.63) is 138 Å². The number of amides is 2. The van der Waals surface area contributed by atoms with Gasteiger partial charge in [0.25, 0.3) is 0 Å². The van der Waals surface area contributed by atoms with Crippen LogP contribution in [0.5, 0.6) is 11.5 Å². The number of para-hydroxylation sites is 2. The van der Waals surface area contributed by atoms with E-state index in [1.165, 1.54) is 0 Å². The topological polar surface area (TPSA) is 230 Å². The van der Waals surface area contributed by atoms with Gasteiger partial charge in [-0.05, 0) is 151 Å². The van der Waals surface area contributed by atoms with Gasteiger partial charge in [-0.2, -0.15) is 0 Å². The number of nitrogen functional groups attached to an aromatic ring is 2. The lowest BCUT2D eigenvalue weighted by Gasteiger charge is -2.37. The lowest BCUT2D eigenvalue weighted by atomic mass is 9.79. The largest absolute Gasteiger partial charge is 0.494 e. The maximum atomic E-state index is 12.4. The lowest BCUT2D eigenvalue weighted by molar-refractivity contribution is 0.00578. The first-order chi connectivity index (χ1) is 41.7. The summed E-state index contributed by atoms with van der Waals surface area (Å²) in [5, 5.41) is 8.48. The number of fused-ring (bicyclic) bond motifs is 2. The van der Waals surface area contributed by atoms with Crippen LogP contribution in [0.1, 0.15) is 69.2 Å². The average Bonchev–Trinajstić information content (AvgIpc) is 1.69. The molecule has 0 atom stereocenters. The number of nitrogens with zero attached hydrogens (tertiary/aromatic N) is 8. The minimum atomic E-state index is -0.504. The third-order valence-electron chi connectivity index (χ3n) is 15.3. The summed E-state index contributed by atoms with van der Waals surface area (Å²) in [5.74, 6) is 2.33. The van der Waals surface area contributed by atoms with Crippen LogP contribution in [0.2, 0.25) is 0 Å². The van der Waals surface area contributed by atoms with Gasteiger partial charge in [0.2, 0.25) is 11.9 Å². The summed E-state index contributed by atoms with van der Waals surface area (Å²) in [4.78, 5) is 51.1. The summed E-state index contributed by atoms with van der Waals surface area (Å²) in [5.41, 5.74) is 19.8. The number of carbonyl (C=O) groups is 2. The number of carbonyl (C=O) groups excluding carboxylic acids is 2. The predicted octanol–water partition coefficient (Wildman–Crippen LogP) is 12.5. The van der Waals surface area contributed by atoms with Crippen LogP contribution in [-0.4, -0.2) is 138 Å². The highest BCUT2D eigenvalue weighted by Gasteiger charge is 2.51. The molecule has 0 spiro atoms. The summed E-state index contributed by atoms with van der Waals surface area (Å²) >= 11 is 3.54. The molecule has 3 saturated heterocycles. The van der Waals surface area contributed by atoms with Crippen molar-refractivity contribution in [2.24, 2.45) is 0 Å². The zero-order valence-electron chi connectivity index (χ0n) is 52.3. The first kappa shape index (κ1) is 63.9. The third-order valence-corrected chi connectivity index (χ3v) is 15.9. The standard InChI is InChI=1S/C30H34N6O3.C24H28BrN5O3.C12H18BNO2/c1-30(2,3)39-29(37)36-15-13-35(14-16-36)23-11-12-25(26(18-23)38-4)33-28-32-19-21-8-6-10-24(27(21)34-28)20-7-5-9-22(31)17-20;1-24(2,3)33-23(31)30-12-10-29(11-13-30)17-8-9-19(20(14-17)32-4)27-22-26-15-16-6-5-7-18(25)21(16)28-22;1-11(2)12(3,4)16-13(15-11)9-6-5-7-10(14)8-9/h5-12,17-19H,13-16,31H2,1-4H3,(H,32,33,34);5-9,14-15H,10-13H2,1-4H3,(H,26,27,28);5-8H,14H2,1-4H3. The summed E-state index contributed by atoms with van der Waals surface area (Å²) in [7, 11) is 2.96. The molecule has 5 heterocycles. The Labute approximate surface area is 524 Å². The fourth-order valence-electron chi connectivity index (χ4n) is 9.97. The molecular formula is C66H80BBrN12O8. The fourth-order valence-corrected chi connectivity index (χ4v) is 10.4. The maximum absolute atomic E-state index is 12.4. The first-order valence-electron chi connectivity index (χ1n) is 29.4. The molecule has 2 amide bonds. The minimum Gasteiger partial charge on any atom is -0.494 e. The van der Waals surface area contributed by atoms with Crippen LogP contribution in [0.4, 0.5) is 55.6 Å². The van der Waals surface area contributed by atoms with Crippen molar-refractivity contribution in [3.8, 4) is 22.6 Å². The maximum Gasteiger partial charge on any atom is 0.494 e. The van der Waals surface area contributed by atoms with E-state index in [1.807, 2.05) is 197 Å². The number of hydrogen-bond acceptors (Lipinski definition) is 18. The Hall–Kier alpha value is -8.60. The van der Waals surface area contributed by atoms with Gasteiger partial charge in [-0.3, -0.25) is 0 Å². The van der Waals surface area contributed by atoms with E-state index in [0.29, 0.717) is 68.4 Å². The Morgan fingerprint density at radius 1 is 0.568 bits per heavy atom. The average molecular weight is 1260 g/mol. The van der Waals surface area contributed by atoms with Crippen LogP contribution in [0.15, 0.2) is 138 Å². The number of hydrogen-bond donors (Lipinski definition) is 4. The lowest BCUT2D eigenvalue weighted by Crippen LogP contribution is -2.50. The molecule has 2 aromatic heterocycles. The van der Waals surface area contributed by atoms with Crippen molar-refractivity contribution in [1.29, 1.82) is 0 Å². The minimum absolute atomic E-state index is 0.263. The normalized spacial score (nSPS) is 15.6. The van der Waals surface area contributed by atoms with Gasteiger partial charge < -0.3 is 70.0 Å². The van der Waals surface area contributed by atoms with Crippen molar-refractivity contribution < 1.29 is 37.8 Å². The second-order valence-corrected chi connectivity index (χ2v) is 25.5. The van der Waals surface area contributed by atoms with E-state index >= 15 is 0 Å². The number of rotatable bonds is 10. The molecule has 6 N–H and O–H groups in total. The van der Waals surface area contributed by atoms with E-state index in [-0.39, 0.29) is 30.5 Å². The molecule has 6 aromatic carbocycles. The van der Waals surface area contributed by atoms with Crippen LogP contribution in [0.25, 0.3) is 32.9 Å². The number of nitrogens with one attached hydrogen (secondary N) is 2. The molecule has 11 rings (SSSR count). The predicted molar refractivity (Wildman–Crippen MR) is 356 cm³/mol. The SMILES string of the molecule is CC1(C)OB(c2cccc(N)c2)OC1(C)C.COc1cc(N2CCN(C(=O)OC(C)(C)C)CC2)ccc1Nc1ncc2cccc(-c3cccc(N)c3)c2n1.COc1cc(N2CCN(C(=O)OC(C)(C)C)CC2)ccc1Nc1ncc2cccc(Br)c2n1. The fraction of sp³-hybridized carbons (Fsp3) is 0.364. The number of halogens is 1. The number of aromatic nitrogens is 4. The first-order valence-corrected chi connectivity index (χ1v) is 30.1. The zero-order valence-corrected chi connectivity index (χ0v) is 53.9. The Kier molecular flexibility index (Phi) is 19.5. The van der Waals surface area contributed by atoms with Gasteiger partial charge in [0.05, 0.1) is 47.8 Å². The molecule has 88 heavy (non-hydrogen) atoms. The number of benzene rings is 6. The van der Waals surface area contributed by atoms with Crippen molar-refractivity contribution in [3.63, 3.8) is 0 Å². The second-order valence-electron chi connectivity index (χ2n) is 24.6. The highest BCUT2D eigenvalue weighted by Crippen LogP contribution is 2.38. The Bertz CT molecular complexity index is 3750. The van der Waals surface area contributed by atoms with E-state index in [1.54, 1.807) is 30.2 Å². The van der Waals surface area contributed by atoms with Gasteiger partial charge in [0.15, 0.2) is 0 Å². The highest BCUT2D eigenvalue weighted by molar-refractivity contribution is 9.10. The van der Waals surface area contributed by atoms with Gasteiger partial charge in [-0.25, -0.2) is 29.5 Å². The number of piperazine rings is 2. The molecule has 20 nitrogen and oxygen atoms in total. The van der Waals surface area contributed by atoms with Crippen molar-refractivity contribution >= 4 is 109 Å². The molecule has 8 aromatic rings. The molecule has 0 aliphatic carbocycles. The Morgan fingerprint density at radius 3 is 1.48 bits per heavy atom. The molecule has 22 heteroatoms. The van der Waals surface area contributed by atoms with E-state index in [4.69, 9.17) is 44.7 Å². The van der Waals surface area contributed by atoms with E-state index in [0.717, 1.165) is 84.4 Å². The van der Waals surface area contributed by atoms with Gasteiger partial charge in [0.1, 0.15) is 22.7 Å². The van der Waals surface area contributed by atoms with Gasteiger partial charge in [0, 0.05) is 120 Å². The molecule has 462 valence electrons. The summed E-state index contributed by atoms with van der Waals surface area (Å²) in [6.45, 7) is 24.7. The van der Waals surface area contributed by atoms with Crippen molar-refractivity contribution in [1.82, 2.24) is 29.7 Å². The second kappa shape index (κ2) is 26.8. The smallest absolute Gasteiger partial charge is 0.494 e. The van der Waals surface area contributed by atoms with Gasteiger partial charge in [-0.15, -0.1) is 0 Å². The summed E-state index contributed by atoms with van der Waals surface area (Å²) in [6.07, 6.45) is 3.07. The van der Waals surface area contributed by atoms with Gasteiger partial charge >= 0.3 is 19.3 Å². The molecule has 3 aliphatic heterocycles. The number of methoxy groups -OCH3 is 2. The van der Waals surface area contributed by atoms with Crippen LogP contribution in [0.3, 0.4) is 0 Å². The Balaban J connectivity index is 0.000000170. The van der Waals surface area contributed by atoms with Crippen LogP contribution < -0.4 is 46.8 Å². The number of anilines is 8. The van der Waals surface area contributed by atoms with Crippen molar-refractivity contribution in [2.75, 3.05) is 98.5 Å². The molecule has 0 radical (unpaired) electrons. The van der Waals surface area contributed by atoms with Crippen LogP contribution >= 0.6 is 15.9 Å². The Morgan fingerprint density at radius 2 is 1.01 bits per heavy atom. The number of nitrogens with two attached hydrogens (primary N) is 2. The van der Waals surface area contributed by atoms with E-state index < -0.39 is 11.2 Å². The number of ether oxygens (including phenoxy) is 4. The molecular weight excluding hydrogens is 1180 g/mol. The molecule has 0 bridgehead atoms. The zero-order chi connectivity index (χ0) is 63.1. The third kappa shape index (κ3) is 15.9. The molecule has 0 saturated carbocycles. The van der Waals surface area contributed by atoms with Gasteiger partial charge in [-0.1, -0.05) is 54.6 Å². The highest BCUT2D eigenvalue weighted by atomic mass is 79.9.